The molecule has 1 aliphatic heterocycles. The van der Waals surface area contributed by atoms with Crippen molar-refractivity contribution in [1.29, 1.82) is 0 Å². The molecule has 0 bridgehead atoms. The van der Waals surface area contributed by atoms with Gasteiger partial charge in [0.25, 0.3) is 5.91 Å². The third kappa shape index (κ3) is 2.71. The summed E-state index contributed by atoms with van der Waals surface area (Å²) in [5.74, 6) is 0.789. The van der Waals surface area contributed by atoms with Crippen LogP contribution in [0.4, 0.5) is 0 Å². The highest BCUT2D eigenvalue weighted by Crippen LogP contribution is 2.28. The van der Waals surface area contributed by atoms with Crippen LogP contribution in [-0.2, 0) is 11.3 Å². The monoisotopic (exact) mass is 306 g/mol. The molecule has 2 aromatic heterocycles. The third-order valence-electron chi connectivity index (χ3n) is 3.75. The summed E-state index contributed by atoms with van der Waals surface area (Å²) in [7, 11) is 0. The Labute approximate surface area is 127 Å². The van der Waals surface area contributed by atoms with E-state index in [9.17, 15) is 4.79 Å². The molecule has 1 N–H and O–H groups in total. The molecule has 0 spiro atoms. The lowest BCUT2D eigenvalue weighted by Crippen LogP contribution is -2.37. The quantitative estimate of drug-likeness (QED) is 0.937. The lowest BCUT2D eigenvalue weighted by atomic mass is 10.1. The maximum atomic E-state index is 12.3. The van der Waals surface area contributed by atoms with E-state index in [1.165, 1.54) is 11.5 Å². The molecule has 7 heteroatoms. The highest BCUT2D eigenvalue weighted by molar-refractivity contribution is 7.03. The van der Waals surface area contributed by atoms with E-state index < -0.39 is 0 Å². The zero-order chi connectivity index (χ0) is 14.8. The largest absolute Gasteiger partial charge is 0.368 e. The molecule has 0 radical (unpaired) electrons. The topological polar surface area (TPSA) is 69.0 Å². The first-order chi connectivity index (χ1) is 10.2. The Kier molecular flexibility index (Phi) is 4.03. The maximum Gasteiger partial charge on any atom is 0.254 e. The first-order valence-electron chi connectivity index (χ1n) is 7.05. The second-order valence-corrected chi connectivity index (χ2v) is 5.67. The number of aromatic nitrogens is 3. The number of nitrogens with zero attached hydrogens (tertiary/aromatic N) is 3. The van der Waals surface area contributed by atoms with Gasteiger partial charge in [0.05, 0.1) is 17.3 Å². The number of carbonyl (C=O) groups excluding carboxylic acids is 1. The van der Waals surface area contributed by atoms with Crippen molar-refractivity contribution >= 4 is 17.4 Å². The van der Waals surface area contributed by atoms with Crippen molar-refractivity contribution in [2.45, 2.75) is 39.0 Å². The van der Waals surface area contributed by atoms with Crippen LogP contribution in [-0.4, -0.2) is 32.5 Å². The molecule has 3 rings (SSSR count). The Morgan fingerprint density at radius 2 is 2.48 bits per heavy atom. The van der Waals surface area contributed by atoms with Gasteiger partial charge in [-0.1, -0.05) is 0 Å². The zero-order valence-corrected chi connectivity index (χ0v) is 12.9. The van der Waals surface area contributed by atoms with Gasteiger partial charge >= 0.3 is 0 Å². The SMILES string of the molecule is CCn1ccnc1[C@H]1OCC[C@@H]1NC(=O)c1csnc1C. The molecule has 2 atom stereocenters. The highest BCUT2D eigenvalue weighted by atomic mass is 32.1. The number of aryl methyl sites for hydroxylation is 2. The van der Waals surface area contributed by atoms with Gasteiger partial charge in [0.15, 0.2) is 0 Å². The summed E-state index contributed by atoms with van der Waals surface area (Å²) in [6.07, 6.45) is 4.31. The van der Waals surface area contributed by atoms with Crippen molar-refractivity contribution in [2.24, 2.45) is 0 Å². The van der Waals surface area contributed by atoms with Gasteiger partial charge in [-0.15, -0.1) is 0 Å². The smallest absolute Gasteiger partial charge is 0.254 e. The third-order valence-corrected chi connectivity index (χ3v) is 4.47. The molecule has 0 aromatic carbocycles. The van der Waals surface area contributed by atoms with Crippen LogP contribution in [0.25, 0.3) is 0 Å². The first-order valence-corrected chi connectivity index (χ1v) is 7.88. The van der Waals surface area contributed by atoms with Crippen LogP contribution in [0.3, 0.4) is 0 Å². The number of imidazole rings is 1. The van der Waals surface area contributed by atoms with E-state index in [1.807, 2.05) is 17.7 Å². The number of ether oxygens (including phenoxy) is 1. The van der Waals surface area contributed by atoms with Gasteiger partial charge < -0.3 is 14.6 Å². The van der Waals surface area contributed by atoms with Crippen LogP contribution < -0.4 is 5.32 Å². The Balaban J connectivity index is 1.76. The van der Waals surface area contributed by atoms with Crippen LogP contribution in [0.2, 0.25) is 0 Å². The number of carbonyl (C=O) groups is 1. The van der Waals surface area contributed by atoms with Gasteiger partial charge in [-0.2, -0.15) is 4.37 Å². The van der Waals surface area contributed by atoms with Crippen molar-refractivity contribution < 1.29 is 9.53 Å². The number of rotatable bonds is 4. The molecule has 1 fully saturated rings. The van der Waals surface area contributed by atoms with Crippen LogP contribution in [0, 0.1) is 6.92 Å². The van der Waals surface area contributed by atoms with E-state index in [0.29, 0.717) is 12.2 Å². The van der Waals surface area contributed by atoms with Crippen molar-refractivity contribution in [3.63, 3.8) is 0 Å². The van der Waals surface area contributed by atoms with Crippen LogP contribution in [0.1, 0.15) is 41.3 Å². The molecule has 0 aliphatic carbocycles. The summed E-state index contributed by atoms with van der Waals surface area (Å²) in [6.45, 7) is 5.38. The van der Waals surface area contributed by atoms with Gasteiger partial charge in [0, 0.05) is 30.9 Å². The molecule has 2 aromatic rings. The van der Waals surface area contributed by atoms with Crippen molar-refractivity contribution in [3.8, 4) is 0 Å². The number of hydrogen-bond donors (Lipinski definition) is 1. The van der Waals surface area contributed by atoms with E-state index in [0.717, 1.165) is 24.5 Å². The average Bonchev–Trinajstić information content (AvgIpc) is 3.17. The number of hydrogen-bond acceptors (Lipinski definition) is 5. The van der Waals surface area contributed by atoms with Gasteiger partial charge in [-0.3, -0.25) is 4.79 Å². The molecule has 1 saturated heterocycles. The minimum atomic E-state index is -0.184. The fraction of sp³-hybridized carbons (Fsp3) is 0.500. The van der Waals surface area contributed by atoms with Crippen LogP contribution in [0.15, 0.2) is 17.8 Å². The minimum absolute atomic E-state index is 0.0514. The Hall–Kier alpha value is -1.73. The summed E-state index contributed by atoms with van der Waals surface area (Å²) >= 11 is 1.30. The predicted molar refractivity (Wildman–Crippen MR) is 79.3 cm³/mol. The molecular weight excluding hydrogens is 288 g/mol. The molecule has 21 heavy (non-hydrogen) atoms. The summed E-state index contributed by atoms with van der Waals surface area (Å²) in [6, 6.07) is -0.0514. The average molecular weight is 306 g/mol. The molecule has 1 aliphatic rings. The lowest BCUT2D eigenvalue weighted by Gasteiger charge is -2.20. The van der Waals surface area contributed by atoms with Gasteiger partial charge in [0.2, 0.25) is 0 Å². The molecule has 3 heterocycles. The lowest BCUT2D eigenvalue weighted by molar-refractivity contribution is 0.0775. The van der Waals surface area contributed by atoms with E-state index in [-0.39, 0.29) is 18.1 Å². The van der Waals surface area contributed by atoms with E-state index in [2.05, 4.69) is 21.6 Å². The van der Waals surface area contributed by atoms with Crippen molar-refractivity contribution in [2.75, 3.05) is 6.61 Å². The molecule has 112 valence electrons. The Morgan fingerprint density at radius 1 is 1.62 bits per heavy atom. The Morgan fingerprint density at radius 3 is 3.19 bits per heavy atom. The summed E-state index contributed by atoms with van der Waals surface area (Å²) in [5, 5.41) is 4.84. The van der Waals surface area contributed by atoms with Gasteiger partial charge in [-0.05, 0) is 31.8 Å². The van der Waals surface area contributed by atoms with Gasteiger partial charge in [-0.25, -0.2) is 4.98 Å². The molecule has 0 saturated carbocycles. The minimum Gasteiger partial charge on any atom is -0.368 e. The number of nitrogens with one attached hydrogen (secondary N) is 1. The van der Waals surface area contributed by atoms with Crippen LogP contribution >= 0.6 is 11.5 Å². The van der Waals surface area contributed by atoms with Gasteiger partial charge in [0.1, 0.15) is 11.9 Å². The standard InChI is InChI=1S/C14H18N4O2S/c1-3-18-6-5-15-13(18)12-11(4-7-20-12)16-14(19)10-8-21-17-9(10)2/h5-6,8,11-12H,3-4,7H2,1-2H3,(H,16,19)/t11-,12-/m0/s1. The molecule has 1 amide bonds. The van der Waals surface area contributed by atoms with Crippen LogP contribution in [0.5, 0.6) is 0 Å². The van der Waals surface area contributed by atoms with E-state index >= 15 is 0 Å². The summed E-state index contributed by atoms with van der Waals surface area (Å²) < 4.78 is 12.0. The number of amides is 1. The fourth-order valence-corrected chi connectivity index (χ4v) is 3.29. The molecule has 0 unspecified atom stereocenters. The molecular formula is C14H18N4O2S. The normalized spacial score (nSPS) is 21.6. The highest BCUT2D eigenvalue weighted by Gasteiger charge is 2.34. The Bertz CT molecular complexity index is 636. The van der Waals surface area contributed by atoms with E-state index in [1.54, 1.807) is 11.6 Å². The summed E-state index contributed by atoms with van der Waals surface area (Å²) in [5.41, 5.74) is 1.41. The predicted octanol–water partition coefficient (Wildman–Crippen LogP) is 1.93. The molecule has 6 nitrogen and oxygen atoms in total. The summed E-state index contributed by atoms with van der Waals surface area (Å²) in [4.78, 5) is 16.7. The van der Waals surface area contributed by atoms with Crippen molar-refractivity contribution in [3.05, 3.63) is 34.9 Å². The second-order valence-electron chi connectivity index (χ2n) is 5.05. The first kappa shape index (κ1) is 14.2. The van der Waals surface area contributed by atoms with E-state index in [4.69, 9.17) is 4.74 Å². The maximum absolute atomic E-state index is 12.3. The second kappa shape index (κ2) is 5.95. The van der Waals surface area contributed by atoms with Crippen molar-refractivity contribution in [1.82, 2.24) is 19.2 Å². The fourth-order valence-electron chi connectivity index (χ4n) is 2.59. The zero-order valence-electron chi connectivity index (χ0n) is 12.1.